The number of rotatable bonds is 2. The number of benzene rings is 1. The Balaban J connectivity index is 3.14. The molecule has 2 nitrogen and oxygen atoms in total. The third kappa shape index (κ3) is 1.83. The van der Waals surface area contributed by atoms with Gasteiger partial charge < -0.3 is 10.8 Å². The van der Waals surface area contributed by atoms with Crippen molar-refractivity contribution in [1.29, 1.82) is 0 Å². The van der Waals surface area contributed by atoms with Gasteiger partial charge >= 0.3 is 0 Å². The summed E-state index contributed by atoms with van der Waals surface area (Å²) in [6.07, 6.45) is 0. The SMILES string of the molecule is CC(C)[C@](C)(N)c1ccccc1O. The van der Waals surface area contributed by atoms with Crippen LogP contribution >= 0.6 is 0 Å². The summed E-state index contributed by atoms with van der Waals surface area (Å²) < 4.78 is 0. The van der Waals surface area contributed by atoms with Gasteiger partial charge in [-0.05, 0) is 18.9 Å². The van der Waals surface area contributed by atoms with E-state index in [0.717, 1.165) is 5.56 Å². The molecule has 0 aromatic heterocycles. The first-order chi connectivity index (χ1) is 5.96. The molecule has 13 heavy (non-hydrogen) atoms. The molecule has 72 valence electrons. The summed E-state index contributed by atoms with van der Waals surface area (Å²) in [7, 11) is 0. The fraction of sp³-hybridized carbons (Fsp3) is 0.455. The van der Waals surface area contributed by atoms with E-state index in [2.05, 4.69) is 0 Å². The minimum atomic E-state index is -0.467. The number of phenolic OH excluding ortho intramolecular Hbond substituents is 1. The highest BCUT2D eigenvalue weighted by molar-refractivity contribution is 5.37. The summed E-state index contributed by atoms with van der Waals surface area (Å²) in [6, 6.07) is 7.23. The first-order valence-corrected chi connectivity index (χ1v) is 4.53. The van der Waals surface area contributed by atoms with Crippen LogP contribution in [0.2, 0.25) is 0 Å². The average molecular weight is 179 g/mol. The molecule has 0 saturated heterocycles. The molecule has 0 heterocycles. The summed E-state index contributed by atoms with van der Waals surface area (Å²) in [5.41, 5.74) is 6.46. The largest absolute Gasteiger partial charge is 0.508 e. The molecule has 3 N–H and O–H groups in total. The van der Waals surface area contributed by atoms with Crippen molar-refractivity contribution in [1.82, 2.24) is 0 Å². The van der Waals surface area contributed by atoms with Crippen molar-refractivity contribution in [2.24, 2.45) is 11.7 Å². The molecule has 0 bridgehead atoms. The fourth-order valence-corrected chi connectivity index (χ4v) is 1.24. The highest BCUT2D eigenvalue weighted by Crippen LogP contribution is 2.32. The number of nitrogens with two attached hydrogens (primary N) is 1. The highest BCUT2D eigenvalue weighted by atomic mass is 16.3. The second kappa shape index (κ2) is 3.38. The van der Waals surface area contributed by atoms with Gasteiger partial charge in [-0.15, -0.1) is 0 Å². The van der Waals surface area contributed by atoms with E-state index >= 15 is 0 Å². The Kier molecular flexibility index (Phi) is 2.62. The zero-order chi connectivity index (χ0) is 10.1. The molecule has 0 amide bonds. The van der Waals surface area contributed by atoms with Crippen molar-refractivity contribution < 1.29 is 5.11 Å². The maximum atomic E-state index is 9.62. The molecule has 0 spiro atoms. The van der Waals surface area contributed by atoms with E-state index in [0.29, 0.717) is 5.92 Å². The van der Waals surface area contributed by atoms with Crippen molar-refractivity contribution in [3.63, 3.8) is 0 Å². The second-order valence-electron chi connectivity index (χ2n) is 3.95. The lowest BCUT2D eigenvalue weighted by molar-refractivity contribution is 0.333. The lowest BCUT2D eigenvalue weighted by Crippen LogP contribution is -2.38. The van der Waals surface area contributed by atoms with E-state index in [1.807, 2.05) is 32.9 Å². The highest BCUT2D eigenvalue weighted by Gasteiger charge is 2.27. The van der Waals surface area contributed by atoms with Gasteiger partial charge in [-0.1, -0.05) is 32.0 Å². The first kappa shape index (κ1) is 10.1. The third-order valence-electron chi connectivity index (χ3n) is 2.68. The van der Waals surface area contributed by atoms with Crippen molar-refractivity contribution in [3.05, 3.63) is 29.8 Å². The molecule has 0 aliphatic carbocycles. The van der Waals surface area contributed by atoms with Gasteiger partial charge in [-0.25, -0.2) is 0 Å². The van der Waals surface area contributed by atoms with Gasteiger partial charge in [-0.3, -0.25) is 0 Å². The lowest BCUT2D eigenvalue weighted by Gasteiger charge is -2.30. The molecular formula is C11H17NO. The van der Waals surface area contributed by atoms with Crippen LogP contribution in [-0.4, -0.2) is 5.11 Å². The van der Waals surface area contributed by atoms with Crippen LogP contribution < -0.4 is 5.73 Å². The Labute approximate surface area is 79.4 Å². The number of para-hydroxylation sites is 1. The number of hydrogen-bond acceptors (Lipinski definition) is 2. The van der Waals surface area contributed by atoms with Crippen LogP contribution in [0.15, 0.2) is 24.3 Å². The van der Waals surface area contributed by atoms with E-state index < -0.39 is 5.54 Å². The zero-order valence-electron chi connectivity index (χ0n) is 8.41. The smallest absolute Gasteiger partial charge is 0.120 e. The van der Waals surface area contributed by atoms with Crippen molar-refractivity contribution in [2.45, 2.75) is 26.3 Å². The van der Waals surface area contributed by atoms with Gasteiger partial charge in [0.25, 0.3) is 0 Å². The van der Waals surface area contributed by atoms with Crippen LogP contribution in [0.1, 0.15) is 26.3 Å². The van der Waals surface area contributed by atoms with Crippen LogP contribution in [0.3, 0.4) is 0 Å². The van der Waals surface area contributed by atoms with Crippen molar-refractivity contribution in [3.8, 4) is 5.75 Å². The van der Waals surface area contributed by atoms with E-state index in [9.17, 15) is 5.11 Å². The lowest BCUT2D eigenvalue weighted by atomic mass is 9.82. The molecule has 2 heteroatoms. The molecule has 1 atom stereocenters. The zero-order valence-corrected chi connectivity index (χ0v) is 8.41. The van der Waals surface area contributed by atoms with Gasteiger partial charge in [0.1, 0.15) is 5.75 Å². The molecule has 0 unspecified atom stereocenters. The summed E-state index contributed by atoms with van der Waals surface area (Å²) >= 11 is 0. The molecule has 1 aromatic carbocycles. The molecule has 0 radical (unpaired) electrons. The molecule has 0 aliphatic heterocycles. The van der Waals surface area contributed by atoms with E-state index in [1.54, 1.807) is 12.1 Å². The fourth-order valence-electron chi connectivity index (χ4n) is 1.24. The summed E-state index contributed by atoms with van der Waals surface area (Å²) in [6.45, 7) is 6.03. The molecule has 1 rings (SSSR count). The van der Waals surface area contributed by atoms with Crippen molar-refractivity contribution in [2.75, 3.05) is 0 Å². The maximum Gasteiger partial charge on any atom is 0.120 e. The van der Waals surface area contributed by atoms with Gasteiger partial charge in [0.15, 0.2) is 0 Å². The second-order valence-corrected chi connectivity index (χ2v) is 3.95. The normalized spacial score (nSPS) is 15.8. The Morgan fingerprint density at radius 1 is 1.31 bits per heavy atom. The summed E-state index contributed by atoms with van der Waals surface area (Å²) in [5.74, 6) is 0.571. The first-order valence-electron chi connectivity index (χ1n) is 4.53. The number of hydrogen-bond donors (Lipinski definition) is 2. The van der Waals surface area contributed by atoms with Crippen LogP contribution in [0.25, 0.3) is 0 Å². The van der Waals surface area contributed by atoms with Crippen LogP contribution in [0.5, 0.6) is 5.75 Å². The maximum absolute atomic E-state index is 9.62. The van der Waals surface area contributed by atoms with E-state index in [-0.39, 0.29) is 5.75 Å². The Hall–Kier alpha value is -1.02. The van der Waals surface area contributed by atoms with Gasteiger partial charge in [0.05, 0.1) is 0 Å². The Morgan fingerprint density at radius 2 is 1.85 bits per heavy atom. The minimum Gasteiger partial charge on any atom is -0.508 e. The molecule has 0 saturated carbocycles. The van der Waals surface area contributed by atoms with Gasteiger partial charge in [0, 0.05) is 11.1 Å². The Bertz CT molecular complexity index is 292. The molecular weight excluding hydrogens is 162 g/mol. The minimum absolute atomic E-state index is 0.279. The monoisotopic (exact) mass is 179 g/mol. The van der Waals surface area contributed by atoms with Crippen molar-refractivity contribution >= 4 is 0 Å². The van der Waals surface area contributed by atoms with E-state index in [1.165, 1.54) is 0 Å². The van der Waals surface area contributed by atoms with E-state index in [4.69, 9.17) is 5.73 Å². The molecule has 0 aliphatic rings. The number of phenols is 1. The van der Waals surface area contributed by atoms with Gasteiger partial charge in [0.2, 0.25) is 0 Å². The quantitative estimate of drug-likeness (QED) is 0.731. The topological polar surface area (TPSA) is 46.2 Å². The third-order valence-corrected chi connectivity index (χ3v) is 2.68. The Morgan fingerprint density at radius 3 is 2.31 bits per heavy atom. The van der Waals surface area contributed by atoms with Gasteiger partial charge in [-0.2, -0.15) is 0 Å². The van der Waals surface area contributed by atoms with Crippen LogP contribution in [-0.2, 0) is 5.54 Å². The molecule has 1 aromatic rings. The summed E-state index contributed by atoms with van der Waals surface area (Å²) in [5, 5.41) is 9.62. The average Bonchev–Trinajstić information content (AvgIpc) is 2.04. The predicted octanol–water partition coefficient (Wildman–Crippen LogP) is 2.22. The number of aromatic hydroxyl groups is 1. The predicted molar refractivity (Wildman–Crippen MR) is 54.5 cm³/mol. The summed E-state index contributed by atoms with van der Waals surface area (Å²) in [4.78, 5) is 0. The van der Waals surface area contributed by atoms with Crippen LogP contribution in [0.4, 0.5) is 0 Å². The standard InChI is InChI=1S/C11H17NO/c1-8(2)11(3,12)9-6-4-5-7-10(9)13/h4-8,13H,12H2,1-3H3/t11-/m0/s1. The molecule has 0 fully saturated rings. The van der Waals surface area contributed by atoms with Crippen LogP contribution in [0, 0.1) is 5.92 Å².